The van der Waals surface area contributed by atoms with Gasteiger partial charge in [-0.25, -0.2) is 0 Å². The number of hydrogen-bond acceptors (Lipinski definition) is 0. The summed E-state index contributed by atoms with van der Waals surface area (Å²) in [5.41, 5.74) is 16.4. The Morgan fingerprint density at radius 1 is 0.333 bits per heavy atom. The van der Waals surface area contributed by atoms with E-state index in [0.29, 0.717) is 0 Å². The fraction of sp³-hybridized carbons (Fsp3) is 0.0566. The van der Waals surface area contributed by atoms with E-state index in [1.807, 2.05) is 0 Å². The molecule has 9 aromatic carbocycles. The van der Waals surface area contributed by atoms with Gasteiger partial charge in [-0.05, 0) is 114 Å². The Bertz CT molecular complexity index is 3060. The van der Waals surface area contributed by atoms with Crippen molar-refractivity contribution in [2.24, 2.45) is 0 Å². The first-order valence-electron chi connectivity index (χ1n) is 18.9. The molecule has 10 aromatic rings. The number of para-hydroxylation sites is 2. The number of nitrogens with zero attached hydrogens (tertiary/aromatic N) is 1. The molecule has 0 saturated heterocycles. The van der Waals surface area contributed by atoms with E-state index in [2.05, 4.69) is 206 Å². The third-order valence-corrected chi connectivity index (χ3v) is 12.0. The Balaban J connectivity index is 1.08. The van der Waals surface area contributed by atoms with Gasteiger partial charge in [-0.3, -0.25) is 0 Å². The van der Waals surface area contributed by atoms with Crippen LogP contribution in [0.15, 0.2) is 188 Å². The highest BCUT2D eigenvalue weighted by atomic mass is 15.0. The van der Waals surface area contributed by atoms with Gasteiger partial charge in [-0.2, -0.15) is 0 Å². The van der Waals surface area contributed by atoms with Gasteiger partial charge in [0.25, 0.3) is 0 Å². The molecule has 0 fully saturated rings. The number of fused-ring (bicyclic) bond motifs is 8. The second kappa shape index (κ2) is 11.7. The summed E-state index contributed by atoms with van der Waals surface area (Å²) in [6.07, 6.45) is 0. The lowest BCUT2D eigenvalue weighted by Gasteiger charge is -2.23. The van der Waals surface area contributed by atoms with E-state index < -0.39 is 0 Å². The van der Waals surface area contributed by atoms with E-state index in [9.17, 15) is 0 Å². The van der Waals surface area contributed by atoms with Crippen LogP contribution in [0.5, 0.6) is 0 Å². The summed E-state index contributed by atoms with van der Waals surface area (Å²) in [6.45, 7) is 4.78. The van der Waals surface area contributed by atoms with Crippen LogP contribution in [0.4, 0.5) is 0 Å². The smallest absolute Gasteiger partial charge is 0.0541 e. The molecule has 1 nitrogen and oxygen atoms in total. The van der Waals surface area contributed by atoms with Gasteiger partial charge in [0, 0.05) is 21.9 Å². The fourth-order valence-corrected chi connectivity index (χ4v) is 9.43. The van der Waals surface area contributed by atoms with Crippen molar-refractivity contribution in [3.63, 3.8) is 0 Å². The quantitative estimate of drug-likeness (QED) is 0.162. The molecular weight excluding hydrogens is 651 g/mol. The maximum Gasteiger partial charge on any atom is 0.0541 e. The second-order valence-corrected chi connectivity index (χ2v) is 15.3. The topological polar surface area (TPSA) is 4.93 Å². The van der Waals surface area contributed by atoms with E-state index in [4.69, 9.17) is 0 Å². The van der Waals surface area contributed by atoms with Gasteiger partial charge in [0.1, 0.15) is 0 Å². The van der Waals surface area contributed by atoms with Crippen molar-refractivity contribution in [2.45, 2.75) is 19.3 Å². The summed E-state index contributed by atoms with van der Waals surface area (Å²) >= 11 is 0. The molecule has 0 saturated carbocycles. The minimum absolute atomic E-state index is 0.168. The maximum atomic E-state index is 2.46. The molecule has 0 amide bonds. The van der Waals surface area contributed by atoms with E-state index in [-0.39, 0.29) is 5.41 Å². The third kappa shape index (κ3) is 4.45. The highest BCUT2D eigenvalue weighted by Gasteiger charge is 2.36. The average molecular weight is 688 g/mol. The van der Waals surface area contributed by atoms with Gasteiger partial charge >= 0.3 is 0 Å². The van der Waals surface area contributed by atoms with Gasteiger partial charge in [0.05, 0.1) is 11.0 Å². The van der Waals surface area contributed by atoms with Crippen LogP contribution in [0, 0.1) is 0 Å². The molecule has 0 bridgehead atoms. The van der Waals surface area contributed by atoms with Gasteiger partial charge in [-0.1, -0.05) is 166 Å². The molecule has 0 atom stereocenters. The molecule has 1 aliphatic carbocycles. The van der Waals surface area contributed by atoms with Crippen LogP contribution >= 0.6 is 0 Å². The summed E-state index contributed by atoms with van der Waals surface area (Å²) in [4.78, 5) is 0. The third-order valence-electron chi connectivity index (χ3n) is 12.0. The lowest BCUT2D eigenvalue weighted by molar-refractivity contribution is 0.660. The molecule has 1 heteroatoms. The van der Waals surface area contributed by atoms with Crippen molar-refractivity contribution >= 4 is 43.4 Å². The Morgan fingerprint density at radius 2 is 0.778 bits per heavy atom. The fourth-order valence-electron chi connectivity index (χ4n) is 9.43. The van der Waals surface area contributed by atoms with Crippen LogP contribution in [0.3, 0.4) is 0 Å². The zero-order valence-corrected chi connectivity index (χ0v) is 30.3. The van der Waals surface area contributed by atoms with Crippen LogP contribution < -0.4 is 0 Å². The molecule has 1 aromatic heterocycles. The Morgan fingerprint density at radius 3 is 1.39 bits per heavy atom. The number of aromatic nitrogens is 1. The Hall–Kier alpha value is -6.70. The normalized spacial score (nSPS) is 13.1. The van der Waals surface area contributed by atoms with E-state index >= 15 is 0 Å². The van der Waals surface area contributed by atoms with Crippen molar-refractivity contribution < 1.29 is 0 Å². The Kier molecular flexibility index (Phi) is 6.66. The minimum atomic E-state index is -0.168. The van der Waals surface area contributed by atoms with Crippen molar-refractivity contribution in [3.05, 3.63) is 199 Å². The summed E-state index contributed by atoms with van der Waals surface area (Å²) in [6, 6.07) is 69.6. The minimum Gasteiger partial charge on any atom is -0.309 e. The summed E-state index contributed by atoms with van der Waals surface area (Å²) in [7, 11) is 0. The Labute approximate surface area is 315 Å². The van der Waals surface area contributed by atoms with Crippen LogP contribution in [0.2, 0.25) is 0 Å². The van der Waals surface area contributed by atoms with Crippen LogP contribution in [0.1, 0.15) is 25.0 Å². The van der Waals surface area contributed by atoms with Gasteiger partial charge in [0.2, 0.25) is 0 Å². The van der Waals surface area contributed by atoms with Gasteiger partial charge in [0.15, 0.2) is 0 Å². The number of benzene rings is 9. The second-order valence-electron chi connectivity index (χ2n) is 15.3. The van der Waals surface area contributed by atoms with Gasteiger partial charge < -0.3 is 4.57 Å². The van der Waals surface area contributed by atoms with Crippen LogP contribution in [0.25, 0.3) is 93.5 Å². The first-order valence-corrected chi connectivity index (χ1v) is 18.9. The van der Waals surface area contributed by atoms with E-state index in [1.165, 1.54) is 105 Å². The van der Waals surface area contributed by atoms with Crippen LogP contribution in [-0.4, -0.2) is 4.57 Å². The molecule has 1 heterocycles. The van der Waals surface area contributed by atoms with Crippen molar-refractivity contribution in [2.75, 3.05) is 0 Å². The molecule has 54 heavy (non-hydrogen) atoms. The summed E-state index contributed by atoms with van der Waals surface area (Å²) in [5, 5.41) is 7.67. The molecular formula is C53H37N. The van der Waals surface area contributed by atoms with Crippen LogP contribution in [-0.2, 0) is 5.41 Å². The first-order chi connectivity index (χ1) is 26.6. The van der Waals surface area contributed by atoms with E-state index in [1.54, 1.807) is 0 Å². The van der Waals surface area contributed by atoms with E-state index in [0.717, 1.165) is 0 Å². The highest BCUT2D eigenvalue weighted by molar-refractivity contribution is 6.22. The predicted molar refractivity (Wildman–Crippen MR) is 230 cm³/mol. The zero-order chi connectivity index (χ0) is 36.0. The predicted octanol–water partition coefficient (Wildman–Crippen LogP) is 14.4. The molecule has 0 unspecified atom stereocenters. The highest BCUT2D eigenvalue weighted by Crippen LogP contribution is 2.51. The van der Waals surface area contributed by atoms with Crippen molar-refractivity contribution in [1.82, 2.24) is 4.57 Å². The molecule has 0 N–H and O–H groups in total. The van der Waals surface area contributed by atoms with Gasteiger partial charge in [-0.15, -0.1) is 0 Å². The summed E-state index contributed by atoms with van der Waals surface area (Å²) in [5.74, 6) is 0. The standard InChI is InChI=1S/C53H37N/c1-53(2)47-32-37(25-28-39(47)40-30-27-38(33-48(40)53)54-49-23-13-11-19-41(49)42-20-12-14-24-50(42)54)36-26-29-45-46(31-36)52(35-17-7-4-8-18-35)44-22-10-9-21-43(44)51(45)34-15-5-3-6-16-34/h3-33H,1-2H3. The van der Waals surface area contributed by atoms with Crippen molar-refractivity contribution in [1.29, 1.82) is 0 Å². The lowest BCUT2D eigenvalue weighted by atomic mass is 9.81. The largest absolute Gasteiger partial charge is 0.309 e. The maximum absolute atomic E-state index is 2.46. The SMILES string of the molecule is CC1(C)c2cc(-c3ccc4c(-c5ccccc5)c5ccccc5c(-c5ccccc5)c4c3)ccc2-c2ccc(-n3c4ccccc4c4ccccc43)cc21. The summed E-state index contributed by atoms with van der Waals surface area (Å²) < 4.78 is 2.43. The molecule has 1 aliphatic rings. The molecule has 254 valence electrons. The molecule has 11 rings (SSSR count). The lowest BCUT2D eigenvalue weighted by Crippen LogP contribution is -2.15. The average Bonchev–Trinajstić information content (AvgIpc) is 3.68. The molecule has 0 spiro atoms. The molecule has 0 aliphatic heterocycles. The number of hydrogen-bond donors (Lipinski definition) is 0. The zero-order valence-electron chi connectivity index (χ0n) is 30.3. The monoisotopic (exact) mass is 687 g/mol. The molecule has 0 radical (unpaired) electrons. The first kappa shape index (κ1) is 30.9. The van der Waals surface area contributed by atoms with Crippen molar-refractivity contribution in [3.8, 4) is 50.2 Å². The number of rotatable bonds is 4.